The van der Waals surface area contributed by atoms with E-state index in [0.29, 0.717) is 0 Å². The third-order valence-electron chi connectivity index (χ3n) is 2.97. The number of ether oxygens (including phenoxy) is 1. The van der Waals surface area contributed by atoms with E-state index in [9.17, 15) is 18.4 Å². The Bertz CT molecular complexity index is 550. The van der Waals surface area contributed by atoms with Gasteiger partial charge >= 0.3 is 5.97 Å². The van der Waals surface area contributed by atoms with E-state index >= 15 is 0 Å². The van der Waals surface area contributed by atoms with Gasteiger partial charge in [-0.25, -0.2) is 8.78 Å². The molecule has 1 saturated heterocycles. The summed E-state index contributed by atoms with van der Waals surface area (Å²) in [6.45, 7) is 0.0380. The van der Waals surface area contributed by atoms with Crippen molar-refractivity contribution >= 4 is 29.2 Å². The van der Waals surface area contributed by atoms with E-state index in [1.54, 1.807) is 0 Å². The minimum absolute atomic E-state index is 0.0380. The second-order valence-electron chi connectivity index (χ2n) is 4.12. The number of carbonyl (C=O) groups excluding carboxylic acids is 2. The monoisotopic (exact) mass is 289 g/mol. The lowest BCUT2D eigenvalue weighted by atomic mass is 10.1. The van der Waals surface area contributed by atoms with E-state index in [1.807, 2.05) is 0 Å². The summed E-state index contributed by atoms with van der Waals surface area (Å²) in [5, 5.41) is -0.473. The van der Waals surface area contributed by atoms with E-state index in [4.69, 9.17) is 11.6 Å². The van der Waals surface area contributed by atoms with Crippen LogP contribution in [0.4, 0.5) is 14.5 Å². The van der Waals surface area contributed by atoms with Crippen LogP contribution in [0.15, 0.2) is 12.1 Å². The van der Waals surface area contributed by atoms with Crippen molar-refractivity contribution in [3.05, 3.63) is 28.8 Å². The number of esters is 1. The Kier molecular flexibility index (Phi) is 3.71. The van der Waals surface area contributed by atoms with Crippen molar-refractivity contribution in [3.8, 4) is 0 Å². The molecule has 0 aliphatic carbocycles. The summed E-state index contributed by atoms with van der Waals surface area (Å²) in [6.07, 6.45) is -0.0397. The maximum absolute atomic E-state index is 13.4. The summed E-state index contributed by atoms with van der Waals surface area (Å²) in [5.41, 5.74) is 0.0527. The standard InChI is InChI=1S/C12H10ClF2NO3/c1-19-12(18)6-4-9(17)16(5-6)8-3-2-7(14)11(15)10(8)13/h2-3,6H,4-5H2,1H3. The molecular formula is C12H10ClF2NO3. The Labute approximate surface area is 112 Å². The van der Waals surface area contributed by atoms with Crippen LogP contribution in [-0.4, -0.2) is 25.5 Å². The number of halogens is 3. The first-order valence-electron chi connectivity index (χ1n) is 5.47. The van der Waals surface area contributed by atoms with Crippen LogP contribution < -0.4 is 4.90 Å². The lowest BCUT2D eigenvalue weighted by molar-refractivity contribution is -0.145. The van der Waals surface area contributed by atoms with Gasteiger partial charge in [-0.15, -0.1) is 0 Å². The normalized spacial score (nSPS) is 18.8. The summed E-state index contributed by atoms with van der Waals surface area (Å²) in [4.78, 5) is 24.3. The third-order valence-corrected chi connectivity index (χ3v) is 3.32. The molecule has 1 aromatic rings. The molecule has 0 aromatic heterocycles. The summed E-state index contributed by atoms with van der Waals surface area (Å²) >= 11 is 5.68. The van der Waals surface area contributed by atoms with E-state index in [-0.39, 0.29) is 24.6 Å². The number of nitrogens with zero attached hydrogens (tertiary/aromatic N) is 1. The fraction of sp³-hybridized carbons (Fsp3) is 0.333. The Morgan fingerprint density at radius 1 is 1.47 bits per heavy atom. The third kappa shape index (κ3) is 2.40. The van der Waals surface area contributed by atoms with Crippen LogP contribution in [0.25, 0.3) is 0 Å². The smallest absolute Gasteiger partial charge is 0.311 e. The van der Waals surface area contributed by atoms with Crippen LogP contribution in [0, 0.1) is 17.6 Å². The Hall–Kier alpha value is -1.69. The van der Waals surface area contributed by atoms with Gasteiger partial charge in [0.2, 0.25) is 5.91 Å². The van der Waals surface area contributed by atoms with E-state index in [0.717, 1.165) is 11.0 Å². The van der Waals surface area contributed by atoms with Gasteiger partial charge in [0.15, 0.2) is 11.6 Å². The molecule has 1 atom stereocenters. The van der Waals surface area contributed by atoms with Crippen LogP contribution in [-0.2, 0) is 14.3 Å². The predicted molar refractivity (Wildman–Crippen MR) is 63.8 cm³/mol. The molecular weight excluding hydrogens is 280 g/mol. The molecule has 7 heteroatoms. The van der Waals surface area contributed by atoms with Gasteiger partial charge in [-0.3, -0.25) is 9.59 Å². The molecule has 1 aliphatic heterocycles. The van der Waals surface area contributed by atoms with Crippen molar-refractivity contribution in [3.63, 3.8) is 0 Å². The number of anilines is 1. The molecule has 1 fully saturated rings. The summed E-state index contributed by atoms with van der Waals surface area (Å²) < 4.78 is 30.9. The highest BCUT2D eigenvalue weighted by Gasteiger charge is 2.37. The van der Waals surface area contributed by atoms with Gasteiger partial charge in [0.1, 0.15) is 5.02 Å². The van der Waals surface area contributed by atoms with Gasteiger partial charge in [0, 0.05) is 13.0 Å². The molecule has 2 rings (SSSR count). The highest BCUT2D eigenvalue weighted by molar-refractivity contribution is 6.34. The first-order valence-corrected chi connectivity index (χ1v) is 5.85. The minimum atomic E-state index is -1.21. The Balaban J connectivity index is 2.31. The molecule has 1 heterocycles. The molecule has 0 N–H and O–H groups in total. The van der Waals surface area contributed by atoms with Gasteiger partial charge in [-0.2, -0.15) is 0 Å². The number of rotatable bonds is 2. The van der Waals surface area contributed by atoms with Crippen LogP contribution >= 0.6 is 11.6 Å². The predicted octanol–water partition coefficient (Wildman–Crippen LogP) is 2.14. The molecule has 1 amide bonds. The van der Waals surface area contributed by atoms with Gasteiger partial charge in [0.05, 0.1) is 18.7 Å². The zero-order valence-corrected chi connectivity index (χ0v) is 10.7. The number of amides is 1. The van der Waals surface area contributed by atoms with Gasteiger partial charge in [-0.05, 0) is 12.1 Å². The van der Waals surface area contributed by atoms with Gasteiger partial charge < -0.3 is 9.64 Å². The number of carbonyl (C=O) groups is 2. The van der Waals surface area contributed by atoms with E-state index < -0.39 is 28.5 Å². The van der Waals surface area contributed by atoms with Crippen LogP contribution in [0.3, 0.4) is 0 Å². The van der Waals surface area contributed by atoms with E-state index in [1.165, 1.54) is 13.2 Å². The Morgan fingerprint density at radius 3 is 2.79 bits per heavy atom. The molecule has 1 unspecified atom stereocenters. The van der Waals surface area contributed by atoms with Crippen LogP contribution in [0.2, 0.25) is 5.02 Å². The van der Waals surface area contributed by atoms with Crippen molar-refractivity contribution in [2.45, 2.75) is 6.42 Å². The molecule has 1 aromatic carbocycles. The average Bonchev–Trinajstić information content (AvgIpc) is 2.77. The zero-order valence-electron chi connectivity index (χ0n) is 9.95. The number of hydrogen-bond donors (Lipinski definition) is 0. The maximum atomic E-state index is 13.4. The van der Waals surface area contributed by atoms with Gasteiger partial charge in [-0.1, -0.05) is 11.6 Å². The molecule has 0 saturated carbocycles. The largest absolute Gasteiger partial charge is 0.469 e. The summed E-state index contributed by atoms with van der Waals surface area (Å²) in [6, 6.07) is 2.09. The molecule has 0 radical (unpaired) electrons. The van der Waals surface area contributed by atoms with Crippen molar-refractivity contribution < 1.29 is 23.1 Å². The SMILES string of the molecule is COC(=O)C1CC(=O)N(c2ccc(F)c(F)c2Cl)C1. The zero-order chi connectivity index (χ0) is 14.2. The van der Waals surface area contributed by atoms with Gasteiger partial charge in [0.25, 0.3) is 0 Å². The molecule has 0 bridgehead atoms. The van der Waals surface area contributed by atoms with Crippen molar-refractivity contribution in [2.75, 3.05) is 18.6 Å². The van der Waals surface area contributed by atoms with Crippen LogP contribution in [0.5, 0.6) is 0 Å². The fourth-order valence-electron chi connectivity index (χ4n) is 1.99. The Morgan fingerprint density at radius 2 is 2.16 bits per heavy atom. The maximum Gasteiger partial charge on any atom is 0.311 e. The highest BCUT2D eigenvalue weighted by Crippen LogP contribution is 2.34. The lowest BCUT2D eigenvalue weighted by Gasteiger charge is -2.18. The first-order chi connectivity index (χ1) is 8.95. The molecule has 19 heavy (non-hydrogen) atoms. The number of benzene rings is 1. The van der Waals surface area contributed by atoms with Crippen molar-refractivity contribution in [1.29, 1.82) is 0 Å². The molecule has 102 valence electrons. The van der Waals surface area contributed by atoms with E-state index in [2.05, 4.69) is 4.74 Å². The van der Waals surface area contributed by atoms with Crippen LogP contribution in [0.1, 0.15) is 6.42 Å². The summed E-state index contributed by atoms with van der Waals surface area (Å²) in [7, 11) is 1.22. The lowest BCUT2D eigenvalue weighted by Crippen LogP contribution is -2.26. The van der Waals surface area contributed by atoms with Crippen molar-refractivity contribution in [2.24, 2.45) is 5.92 Å². The quantitative estimate of drug-likeness (QED) is 0.619. The second kappa shape index (κ2) is 5.13. The van der Waals surface area contributed by atoms with Crippen molar-refractivity contribution in [1.82, 2.24) is 0 Å². The molecule has 4 nitrogen and oxygen atoms in total. The number of methoxy groups -OCH3 is 1. The topological polar surface area (TPSA) is 46.6 Å². The summed E-state index contributed by atoms with van der Waals surface area (Å²) in [5.74, 6) is -3.84. The second-order valence-corrected chi connectivity index (χ2v) is 4.50. The minimum Gasteiger partial charge on any atom is -0.469 e. The first kappa shape index (κ1) is 13.7. The number of hydrogen-bond acceptors (Lipinski definition) is 3. The average molecular weight is 290 g/mol. The fourth-order valence-corrected chi connectivity index (χ4v) is 2.24. The molecule has 0 spiro atoms. The highest BCUT2D eigenvalue weighted by atomic mass is 35.5. The molecule has 1 aliphatic rings.